The molecule has 1 amide bonds. The molecule has 3 rings (SSSR count). The molecule has 2 aromatic carbocycles. The maximum Gasteiger partial charge on any atom is 0.335 e. The van der Waals surface area contributed by atoms with E-state index in [0.29, 0.717) is 24.8 Å². The fraction of sp³-hybridized carbons (Fsp3) is 0.300. The van der Waals surface area contributed by atoms with Crippen LogP contribution < -0.4 is 4.74 Å². The molecular weight excluding hydrogens is 337 g/mol. The monoisotopic (exact) mass is 357 g/mol. The molecule has 0 bridgehead atoms. The minimum Gasteiger partial charge on any atom is -0.484 e. The Kier molecular flexibility index (Phi) is 5.51. The third-order valence-corrected chi connectivity index (χ3v) is 4.54. The number of carboxylic acid groups (broad SMARTS) is 1. The van der Waals surface area contributed by atoms with E-state index >= 15 is 0 Å². The predicted molar refractivity (Wildman–Crippen MR) is 93.7 cm³/mol. The van der Waals surface area contributed by atoms with Crippen molar-refractivity contribution in [3.63, 3.8) is 0 Å². The lowest BCUT2D eigenvalue weighted by molar-refractivity contribution is -0.132. The third kappa shape index (κ3) is 4.59. The molecule has 1 aliphatic heterocycles. The third-order valence-electron chi connectivity index (χ3n) is 4.54. The molecule has 1 saturated heterocycles. The van der Waals surface area contributed by atoms with E-state index in [0.717, 1.165) is 18.4 Å². The summed E-state index contributed by atoms with van der Waals surface area (Å²) < 4.78 is 18.3. The standard InChI is InChI=1S/C20H20FNO4/c21-17-5-7-18(8-6-17)26-13-19(23)22-10-9-15(12-22)11-14-1-3-16(4-2-14)20(24)25/h1-8,15H,9-13H2,(H,24,25). The first-order valence-corrected chi connectivity index (χ1v) is 8.49. The summed E-state index contributed by atoms with van der Waals surface area (Å²) in [6.07, 6.45) is 1.71. The number of carboxylic acids is 1. The number of carbonyl (C=O) groups excluding carboxylic acids is 1. The second-order valence-corrected chi connectivity index (χ2v) is 6.44. The Bertz CT molecular complexity index is 773. The molecule has 0 spiro atoms. The van der Waals surface area contributed by atoms with Crippen molar-refractivity contribution in [3.05, 3.63) is 65.5 Å². The van der Waals surface area contributed by atoms with E-state index in [-0.39, 0.29) is 23.9 Å². The summed E-state index contributed by atoms with van der Waals surface area (Å²) >= 11 is 0. The number of halogens is 1. The average molecular weight is 357 g/mol. The van der Waals surface area contributed by atoms with Gasteiger partial charge in [0.1, 0.15) is 11.6 Å². The number of carbonyl (C=O) groups is 2. The number of hydrogen-bond acceptors (Lipinski definition) is 3. The number of likely N-dealkylation sites (tertiary alicyclic amines) is 1. The van der Waals surface area contributed by atoms with Crippen LogP contribution in [-0.4, -0.2) is 41.6 Å². The predicted octanol–water partition coefficient (Wildman–Crippen LogP) is 2.99. The van der Waals surface area contributed by atoms with E-state index in [9.17, 15) is 14.0 Å². The maximum atomic E-state index is 12.9. The topological polar surface area (TPSA) is 66.8 Å². The Hall–Kier alpha value is -2.89. The van der Waals surface area contributed by atoms with Gasteiger partial charge in [0.05, 0.1) is 5.56 Å². The van der Waals surface area contributed by atoms with Crippen molar-refractivity contribution in [2.24, 2.45) is 5.92 Å². The minimum atomic E-state index is -0.935. The SMILES string of the molecule is O=C(O)c1ccc(CC2CCN(C(=O)COc3ccc(F)cc3)C2)cc1. The van der Waals surface area contributed by atoms with Crippen LogP contribution in [0.1, 0.15) is 22.3 Å². The summed E-state index contributed by atoms with van der Waals surface area (Å²) in [4.78, 5) is 24.9. The van der Waals surface area contributed by atoms with Gasteiger partial charge in [0.15, 0.2) is 6.61 Å². The molecule has 1 unspecified atom stereocenters. The molecule has 2 aromatic rings. The van der Waals surface area contributed by atoms with Crippen LogP contribution in [0.4, 0.5) is 4.39 Å². The van der Waals surface area contributed by atoms with E-state index < -0.39 is 5.97 Å². The molecule has 0 aliphatic carbocycles. The van der Waals surface area contributed by atoms with Gasteiger partial charge in [-0.25, -0.2) is 9.18 Å². The smallest absolute Gasteiger partial charge is 0.335 e. The van der Waals surface area contributed by atoms with Gasteiger partial charge in [-0.15, -0.1) is 0 Å². The lowest BCUT2D eigenvalue weighted by Crippen LogP contribution is -2.33. The van der Waals surface area contributed by atoms with Gasteiger partial charge in [-0.05, 0) is 60.7 Å². The molecule has 26 heavy (non-hydrogen) atoms. The van der Waals surface area contributed by atoms with Crippen LogP contribution in [0, 0.1) is 11.7 Å². The Morgan fingerprint density at radius 3 is 2.46 bits per heavy atom. The van der Waals surface area contributed by atoms with Crippen molar-refractivity contribution in [2.45, 2.75) is 12.8 Å². The summed E-state index contributed by atoms with van der Waals surface area (Å²) in [7, 11) is 0. The number of hydrogen-bond donors (Lipinski definition) is 1. The minimum absolute atomic E-state index is 0.0638. The lowest BCUT2D eigenvalue weighted by Gasteiger charge is -2.17. The summed E-state index contributed by atoms with van der Waals surface area (Å²) in [6, 6.07) is 12.4. The second kappa shape index (κ2) is 7.99. The zero-order valence-electron chi connectivity index (χ0n) is 14.2. The van der Waals surface area contributed by atoms with Gasteiger partial charge in [-0.2, -0.15) is 0 Å². The van der Waals surface area contributed by atoms with E-state index in [1.165, 1.54) is 24.3 Å². The molecule has 136 valence electrons. The molecule has 0 aromatic heterocycles. The maximum absolute atomic E-state index is 12.9. The highest BCUT2D eigenvalue weighted by Crippen LogP contribution is 2.21. The quantitative estimate of drug-likeness (QED) is 0.863. The van der Waals surface area contributed by atoms with Crippen molar-refractivity contribution in [2.75, 3.05) is 19.7 Å². The molecule has 1 heterocycles. The van der Waals surface area contributed by atoms with Gasteiger partial charge in [0.2, 0.25) is 0 Å². The summed E-state index contributed by atoms with van der Waals surface area (Å²) in [5, 5.41) is 8.93. The zero-order valence-corrected chi connectivity index (χ0v) is 14.2. The van der Waals surface area contributed by atoms with Crippen molar-refractivity contribution in [1.82, 2.24) is 4.90 Å². The fourth-order valence-electron chi connectivity index (χ4n) is 3.11. The molecule has 0 radical (unpaired) electrons. The number of aromatic carboxylic acids is 1. The van der Waals surface area contributed by atoms with Gasteiger partial charge in [0, 0.05) is 13.1 Å². The Balaban J connectivity index is 1.47. The van der Waals surface area contributed by atoms with Gasteiger partial charge in [-0.3, -0.25) is 4.79 Å². The Morgan fingerprint density at radius 1 is 1.12 bits per heavy atom. The molecule has 0 saturated carbocycles. The molecular formula is C20H20FNO4. The number of rotatable bonds is 6. The van der Waals surface area contributed by atoms with Gasteiger partial charge in [0.25, 0.3) is 5.91 Å². The average Bonchev–Trinajstić information content (AvgIpc) is 3.10. The zero-order chi connectivity index (χ0) is 18.5. The van der Waals surface area contributed by atoms with Crippen molar-refractivity contribution in [1.29, 1.82) is 0 Å². The number of amides is 1. The number of benzene rings is 2. The van der Waals surface area contributed by atoms with Crippen LogP contribution in [0.3, 0.4) is 0 Å². The molecule has 1 aliphatic rings. The highest BCUT2D eigenvalue weighted by Gasteiger charge is 2.26. The molecule has 1 atom stereocenters. The Morgan fingerprint density at radius 2 is 1.81 bits per heavy atom. The van der Waals surface area contributed by atoms with Crippen LogP contribution in [-0.2, 0) is 11.2 Å². The second-order valence-electron chi connectivity index (χ2n) is 6.44. The van der Waals surface area contributed by atoms with Gasteiger partial charge in [-0.1, -0.05) is 12.1 Å². The van der Waals surface area contributed by atoms with Crippen molar-refractivity contribution < 1.29 is 23.8 Å². The highest BCUT2D eigenvalue weighted by molar-refractivity contribution is 5.87. The van der Waals surface area contributed by atoms with Crippen LogP contribution in [0.15, 0.2) is 48.5 Å². The van der Waals surface area contributed by atoms with E-state index in [4.69, 9.17) is 9.84 Å². The Labute approximate surface area is 151 Å². The number of ether oxygens (including phenoxy) is 1. The molecule has 1 fully saturated rings. The van der Waals surface area contributed by atoms with Crippen molar-refractivity contribution in [3.8, 4) is 5.75 Å². The normalized spacial score (nSPS) is 16.5. The van der Waals surface area contributed by atoms with Crippen LogP contribution >= 0.6 is 0 Å². The van der Waals surface area contributed by atoms with Gasteiger partial charge >= 0.3 is 5.97 Å². The first kappa shape index (κ1) is 17.9. The molecule has 5 nitrogen and oxygen atoms in total. The van der Waals surface area contributed by atoms with Crippen LogP contribution in [0.25, 0.3) is 0 Å². The summed E-state index contributed by atoms with van der Waals surface area (Å²) in [5.74, 6) is -0.551. The van der Waals surface area contributed by atoms with Crippen LogP contribution in [0.2, 0.25) is 0 Å². The van der Waals surface area contributed by atoms with Crippen LogP contribution in [0.5, 0.6) is 5.75 Å². The lowest BCUT2D eigenvalue weighted by atomic mass is 9.98. The largest absolute Gasteiger partial charge is 0.484 e. The first-order valence-electron chi connectivity index (χ1n) is 8.49. The van der Waals surface area contributed by atoms with Gasteiger partial charge < -0.3 is 14.7 Å². The number of nitrogens with zero attached hydrogens (tertiary/aromatic N) is 1. The summed E-state index contributed by atoms with van der Waals surface area (Å²) in [6.45, 7) is 1.28. The van der Waals surface area contributed by atoms with E-state index in [1.54, 1.807) is 17.0 Å². The van der Waals surface area contributed by atoms with Crippen molar-refractivity contribution >= 4 is 11.9 Å². The molecule has 1 N–H and O–H groups in total. The van der Waals surface area contributed by atoms with E-state index in [1.807, 2.05) is 12.1 Å². The highest BCUT2D eigenvalue weighted by atomic mass is 19.1. The molecule has 6 heteroatoms. The fourth-order valence-corrected chi connectivity index (χ4v) is 3.11. The van der Waals surface area contributed by atoms with E-state index in [2.05, 4.69) is 0 Å². The summed E-state index contributed by atoms with van der Waals surface area (Å²) in [5.41, 5.74) is 1.34. The first-order chi connectivity index (χ1) is 12.5.